The minimum absolute atomic E-state index is 0.0578. The summed E-state index contributed by atoms with van der Waals surface area (Å²) in [6.45, 7) is 2.06. The second kappa shape index (κ2) is 9.17. The molecule has 0 saturated carbocycles. The van der Waals surface area contributed by atoms with Gasteiger partial charge in [0.25, 0.3) is 5.69 Å². The maximum absolute atomic E-state index is 10.8. The van der Waals surface area contributed by atoms with Crippen molar-refractivity contribution in [2.45, 2.75) is 29.4 Å². The lowest BCUT2D eigenvalue weighted by Gasteiger charge is -2.15. The molecule has 0 fully saturated rings. The minimum atomic E-state index is -0.848. The SMILES string of the molecule is CC(O)c1cc(NCc2ccccc2Sc2ccc([N+](=O)[O-])cc2)cc(Cl)c1O. The van der Waals surface area contributed by atoms with E-state index in [2.05, 4.69) is 5.32 Å². The van der Waals surface area contributed by atoms with Crippen molar-refractivity contribution < 1.29 is 15.1 Å². The normalized spacial score (nSPS) is 11.8. The van der Waals surface area contributed by atoms with Crippen LogP contribution < -0.4 is 5.32 Å². The number of nitro groups is 1. The molecule has 0 heterocycles. The molecule has 1 unspecified atom stereocenters. The number of hydrogen-bond acceptors (Lipinski definition) is 6. The Labute approximate surface area is 177 Å². The Balaban J connectivity index is 1.77. The van der Waals surface area contributed by atoms with Crippen LogP contribution in [0.2, 0.25) is 5.02 Å². The first-order chi connectivity index (χ1) is 13.8. The van der Waals surface area contributed by atoms with Gasteiger partial charge in [-0.1, -0.05) is 41.6 Å². The number of nitrogens with one attached hydrogen (secondary N) is 1. The molecule has 0 bridgehead atoms. The third-order valence-corrected chi connectivity index (χ3v) is 5.69. The van der Waals surface area contributed by atoms with Crippen molar-refractivity contribution in [3.05, 3.63) is 86.9 Å². The van der Waals surface area contributed by atoms with E-state index in [1.807, 2.05) is 24.3 Å². The molecule has 8 heteroatoms. The van der Waals surface area contributed by atoms with Crippen molar-refractivity contribution in [3.63, 3.8) is 0 Å². The summed E-state index contributed by atoms with van der Waals surface area (Å²) in [5.41, 5.74) is 2.12. The van der Waals surface area contributed by atoms with Crippen LogP contribution in [0.1, 0.15) is 24.2 Å². The molecule has 0 saturated heterocycles. The molecule has 150 valence electrons. The third kappa shape index (κ3) is 5.20. The Morgan fingerprint density at radius 2 is 1.86 bits per heavy atom. The van der Waals surface area contributed by atoms with Crippen LogP contribution in [-0.2, 0) is 6.54 Å². The van der Waals surface area contributed by atoms with Gasteiger partial charge in [-0.2, -0.15) is 0 Å². The van der Waals surface area contributed by atoms with E-state index in [1.165, 1.54) is 23.9 Å². The Bertz CT molecular complexity index is 1030. The van der Waals surface area contributed by atoms with Gasteiger partial charge in [0, 0.05) is 39.7 Å². The first-order valence-electron chi connectivity index (χ1n) is 8.79. The number of phenols is 1. The van der Waals surface area contributed by atoms with Gasteiger partial charge in [0.05, 0.1) is 16.0 Å². The molecule has 3 aromatic rings. The van der Waals surface area contributed by atoms with E-state index < -0.39 is 11.0 Å². The molecule has 0 radical (unpaired) electrons. The first kappa shape index (κ1) is 21.0. The zero-order chi connectivity index (χ0) is 21.0. The van der Waals surface area contributed by atoms with Crippen molar-refractivity contribution in [3.8, 4) is 5.75 Å². The summed E-state index contributed by atoms with van der Waals surface area (Å²) in [5, 5.41) is 34.0. The monoisotopic (exact) mass is 430 g/mol. The summed E-state index contributed by atoms with van der Waals surface area (Å²) >= 11 is 7.58. The van der Waals surface area contributed by atoms with Crippen LogP contribution in [0.3, 0.4) is 0 Å². The molecule has 29 heavy (non-hydrogen) atoms. The lowest BCUT2D eigenvalue weighted by molar-refractivity contribution is -0.384. The number of nitro benzene ring substituents is 1. The molecule has 0 amide bonds. The largest absolute Gasteiger partial charge is 0.506 e. The number of anilines is 1. The van der Waals surface area contributed by atoms with Crippen molar-refractivity contribution in [1.29, 1.82) is 0 Å². The van der Waals surface area contributed by atoms with Crippen molar-refractivity contribution in [2.24, 2.45) is 0 Å². The number of non-ortho nitro benzene ring substituents is 1. The predicted octanol–water partition coefficient (Wildman–Crippen LogP) is 5.77. The van der Waals surface area contributed by atoms with Crippen LogP contribution >= 0.6 is 23.4 Å². The lowest BCUT2D eigenvalue weighted by Crippen LogP contribution is -2.02. The van der Waals surface area contributed by atoms with Crippen molar-refractivity contribution in [2.75, 3.05) is 5.32 Å². The molecule has 6 nitrogen and oxygen atoms in total. The Hall–Kier alpha value is -2.74. The van der Waals surface area contributed by atoms with E-state index in [9.17, 15) is 20.3 Å². The molecular weight excluding hydrogens is 412 g/mol. The molecule has 3 aromatic carbocycles. The number of nitrogens with zero attached hydrogens (tertiary/aromatic N) is 1. The summed E-state index contributed by atoms with van der Waals surface area (Å²) in [6, 6.07) is 17.5. The maximum atomic E-state index is 10.8. The smallest absolute Gasteiger partial charge is 0.269 e. The van der Waals surface area contributed by atoms with E-state index in [4.69, 9.17) is 11.6 Å². The summed E-state index contributed by atoms with van der Waals surface area (Å²) in [4.78, 5) is 12.3. The molecule has 0 aliphatic rings. The quantitative estimate of drug-likeness (QED) is 0.250. The fraction of sp³-hybridized carbons (Fsp3) is 0.143. The lowest BCUT2D eigenvalue weighted by atomic mass is 10.1. The van der Waals surface area contributed by atoms with Crippen LogP contribution in [-0.4, -0.2) is 15.1 Å². The Morgan fingerprint density at radius 3 is 2.52 bits per heavy atom. The number of aromatic hydroxyl groups is 1. The number of aliphatic hydroxyl groups excluding tert-OH is 1. The highest BCUT2D eigenvalue weighted by Gasteiger charge is 2.13. The van der Waals surface area contributed by atoms with Gasteiger partial charge in [-0.15, -0.1) is 0 Å². The van der Waals surface area contributed by atoms with Crippen LogP contribution in [0.25, 0.3) is 0 Å². The number of rotatable bonds is 7. The fourth-order valence-electron chi connectivity index (χ4n) is 2.75. The van der Waals surface area contributed by atoms with E-state index >= 15 is 0 Å². The molecule has 1 atom stereocenters. The third-order valence-electron chi connectivity index (χ3n) is 4.27. The van der Waals surface area contributed by atoms with Crippen LogP contribution in [0.4, 0.5) is 11.4 Å². The molecule has 3 N–H and O–H groups in total. The molecule has 3 rings (SSSR count). The topological polar surface area (TPSA) is 95.6 Å². The standard InChI is InChI=1S/C21H19ClN2O4S/c1-13(25)18-10-15(11-19(22)21(18)26)23-12-14-4-2-3-5-20(14)29-17-8-6-16(7-9-17)24(27)28/h2-11,13,23,25-26H,12H2,1H3. The van der Waals surface area contributed by atoms with Crippen LogP contribution in [0.5, 0.6) is 5.75 Å². The highest BCUT2D eigenvalue weighted by Crippen LogP contribution is 2.36. The fourth-order valence-corrected chi connectivity index (χ4v) is 3.92. The predicted molar refractivity (Wildman–Crippen MR) is 115 cm³/mol. The van der Waals surface area contributed by atoms with Crippen molar-refractivity contribution >= 4 is 34.7 Å². The number of hydrogen-bond donors (Lipinski definition) is 3. The number of benzene rings is 3. The molecule has 0 aromatic heterocycles. The zero-order valence-corrected chi connectivity index (χ0v) is 17.1. The molecule has 0 aliphatic heterocycles. The van der Waals surface area contributed by atoms with Gasteiger partial charge >= 0.3 is 0 Å². The van der Waals surface area contributed by atoms with Gasteiger partial charge in [0.15, 0.2) is 0 Å². The molecular formula is C21H19ClN2O4S. The van der Waals surface area contributed by atoms with Crippen molar-refractivity contribution in [1.82, 2.24) is 0 Å². The summed E-state index contributed by atoms with van der Waals surface area (Å²) < 4.78 is 0. The summed E-state index contributed by atoms with van der Waals surface area (Å²) in [7, 11) is 0. The van der Waals surface area contributed by atoms with Gasteiger partial charge < -0.3 is 15.5 Å². The summed E-state index contributed by atoms with van der Waals surface area (Å²) in [5.74, 6) is -0.124. The first-order valence-corrected chi connectivity index (χ1v) is 9.99. The van der Waals surface area contributed by atoms with E-state index in [1.54, 1.807) is 31.2 Å². The Kier molecular flexibility index (Phi) is 6.64. The number of halogens is 1. The second-order valence-electron chi connectivity index (χ2n) is 6.39. The molecule has 0 aliphatic carbocycles. The van der Waals surface area contributed by atoms with Crippen LogP contribution in [0, 0.1) is 10.1 Å². The van der Waals surface area contributed by atoms with Gasteiger partial charge in [0.1, 0.15) is 5.75 Å². The van der Waals surface area contributed by atoms with E-state index in [0.717, 1.165) is 15.4 Å². The second-order valence-corrected chi connectivity index (χ2v) is 7.91. The van der Waals surface area contributed by atoms with E-state index in [0.29, 0.717) is 17.8 Å². The average Bonchev–Trinajstić information content (AvgIpc) is 2.70. The van der Waals surface area contributed by atoms with Gasteiger partial charge in [-0.05, 0) is 42.8 Å². The van der Waals surface area contributed by atoms with Gasteiger partial charge in [-0.3, -0.25) is 10.1 Å². The highest BCUT2D eigenvalue weighted by atomic mass is 35.5. The minimum Gasteiger partial charge on any atom is -0.506 e. The summed E-state index contributed by atoms with van der Waals surface area (Å²) in [6.07, 6.45) is -0.848. The molecule has 0 spiro atoms. The average molecular weight is 431 g/mol. The van der Waals surface area contributed by atoms with Gasteiger partial charge in [-0.25, -0.2) is 0 Å². The maximum Gasteiger partial charge on any atom is 0.269 e. The van der Waals surface area contributed by atoms with Crippen LogP contribution in [0.15, 0.2) is 70.5 Å². The highest BCUT2D eigenvalue weighted by molar-refractivity contribution is 7.99. The number of aliphatic hydroxyl groups is 1. The number of phenolic OH excluding ortho intramolecular Hbond substituents is 1. The Morgan fingerprint density at radius 1 is 1.17 bits per heavy atom. The van der Waals surface area contributed by atoms with E-state index in [-0.39, 0.29) is 16.5 Å². The zero-order valence-electron chi connectivity index (χ0n) is 15.5. The van der Waals surface area contributed by atoms with Gasteiger partial charge in [0.2, 0.25) is 0 Å².